The summed E-state index contributed by atoms with van der Waals surface area (Å²) < 4.78 is 30.6. The summed E-state index contributed by atoms with van der Waals surface area (Å²) in [4.78, 5) is 27.0. The summed E-state index contributed by atoms with van der Waals surface area (Å²) >= 11 is 5.64. The first-order valence-corrected chi connectivity index (χ1v) is 6.36. The highest BCUT2D eigenvalue weighted by atomic mass is 35.5. The molecule has 2 aromatic rings. The van der Waals surface area contributed by atoms with Crippen LogP contribution in [0, 0.1) is 11.6 Å². The van der Waals surface area contributed by atoms with Gasteiger partial charge in [-0.1, -0.05) is 11.6 Å². The number of anilines is 1. The normalized spacial score (nSPS) is 10.1. The molecule has 0 unspecified atom stereocenters. The van der Waals surface area contributed by atoms with Gasteiger partial charge in [-0.25, -0.2) is 18.6 Å². The molecule has 2 rings (SSSR count). The van der Waals surface area contributed by atoms with Gasteiger partial charge in [0, 0.05) is 12.3 Å². The molecule has 0 radical (unpaired) electrons. The van der Waals surface area contributed by atoms with Crippen LogP contribution in [0.4, 0.5) is 14.6 Å². The van der Waals surface area contributed by atoms with Crippen LogP contribution in [0.15, 0.2) is 36.5 Å². The second kappa shape index (κ2) is 6.95. The summed E-state index contributed by atoms with van der Waals surface area (Å²) in [7, 11) is 0. The maximum atomic E-state index is 13.0. The maximum Gasteiger partial charge on any atom is 0.338 e. The highest BCUT2D eigenvalue weighted by molar-refractivity contribution is 6.30. The van der Waals surface area contributed by atoms with Gasteiger partial charge in [0.05, 0.1) is 10.6 Å². The van der Waals surface area contributed by atoms with Crippen molar-refractivity contribution in [1.82, 2.24) is 4.98 Å². The van der Waals surface area contributed by atoms with Gasteiger partial charge in [0.1, 0.15) is 17.5 Å². The summed E-state index contributed by atoms with van der Waals surface area (Å²) in [6.45, 7) is -0.624. The number of hydrogen-bond acceptors (Lipinski definition) is 4. The molecule has 0 spiro atoms. The van der Waals surface area contributed by atoms with Crippen molar-refractivity contribution >= 4 is 29.3 Å². The molecule has 1 aromatic carbocycles. The SMILES string of the molecule is O=C(COC(=O)c1cc(F)cc(F)c1)Nc1ccc(Cl)cn1. The molecule has 0 aliphatic rings. The Morgan fingerprint density at radius 2 is 1.86 bits per heavy atom. The lowest BCUT2D eigenvalue weighted by Gasteiger charge is -2.06. The fourth-order valence-corrected chi connectivity index (χ4v) is 1.63. The van der Waals surface area contributed by atoms with Crippen LogP contribution in [0.2, 0.25) is 5.02 Å². The Morgan fingerprint density at radius 1 is 1.18 bits per heavy atom. The van der Waals surface area contributed by atoms with Gasteiger partial charge < -0.3 is 10.1 Å². The van der Waals surface area contributed by atoms with Crippen molar-refractivity contribution in [3.63, 3.8) is 0 Å². The van der Waals surface area contributed by atoms with Crippen molar-refractivity contribution in [2.45, 2.75) is 0 Å². The van der Waals surface area contributed by atoms with Crippen LogP contribution in [0.1, 0.15) is 10.4 Å². The zero-order valence-electron chi connectivity index (χ0n) is 11.0. The molecule has 0 bridgehead atoms. The van der Waals surface area contributed by atoms with Crippen molar-refractivity contribution < 1.29 is 23.1 Å². The highest BCUT2D eigenvalue weighted by Crippen LogP contribution is 2.10. The number of nitrogens with zero attached hydrogens (tertiary/aromatic N) is 1. The van der Waals surface area contributed by atoms with Gasteiger partial charge in [-0.15, -0.1) is 0 Å². The molecule has 0 saturated heterocycles. The molecule has 8 heteroatoms. The second-order valence-corrected chi connectivity index (χ2v) is 4.58. The molecule has 1 N–H and O–H groups in total. The fraction of sp³-hybridized carbons (Fsp3) is 0.0714. The lowest BCUT2D eigenvalue weighted by Crippen LogP contribution is -2.21. The molecule has 0 aliphatic carbocycles. The van der Waals surface area contributed by atoms with Gasteiger partial charge in [-0.2, -0.15) is 0 Å². The third-order valence-electron chi connectivity index (χ3n) is 2.43. The standard InChI is InChI=1S/C14H9ClF2N2O3/c15-9-1-2-12(18-6-9)19-13(20)7-22-14(21)8-3-10(16)5-11(17)4-8/h1-6H,7H2,(H,18,19,20). The Kier molecular flexibility index (Phi) is 5.00. The third-order valence-corrected chi connectivity index (χ3v) is 2.65. The van der Waals surface area contributed by atoms with Crippen molar-refractivity contribution in [3.05, 3.63) is 58.7 Å². The summed E-state index contributed by atoms with van der Waals surface area (Å²) in [6.07, 6.45) is 1.33. The molecule has 1 amide bonds. The molecule has 0 aliphatic heterocycles. The molecule has 0 fully saturated rings. The van der Waals surface area contributed by atoms with E-state index in [1.807, 2.05) is 0 Å². The van der Waals surface area contributed by atoms with Gasteiger partial charge in [-0.05, 0) is 24.3 Å². The van der Waals surface area contributed by atoms with E-state index < -0.39 is 30.1 Å². The number of amides is 1. The minimum absolute atomic E-state index is 0.224. The number of rotatable bonds is 4. The van der Waals surface area contributed by atoms with E-state index in [9.17, 15) is 18.4 Å². The molecule has 1 aromatic heterocycles. The number of aromatic nitrogens is 1. The van der Waals surface area contributed by atoms with E-state index in [1.54, 1.807) is 0 Å². The quantitative estimate of drug-likeness (QED) is 0.877. The van der Waals surface area contributed by atoms with E-state index in [1.165, 1.54) is 18.3 Å². The van der Waals surface area contributed by atoms with Crippen molar-refractivity contribution in [1.29, 1.82) is 0 Å². The summed E-state index contributed by atoms with van der Waals surface area (Å²) in [6, 6.07) is 5.22. The van der Waals surface area contributed by atoms with Crippen molar-refractivity contribution in [2.75, 3.05) is 11.9 Å². The van der Waals surface area contributed by atoms with Crippen LogP contribution in [0.25, 0.3) is 0 Å². The summed E-state index contributed by atoms with van der Waals surface area (Å²) in [5.74, 6) is -3.27. The number of ether oxygens (including phenoxy) is 1. The molecule has 5 nitrogen and oxygen atoms in total. The topological polar surface area (TPSA) is 68.3 Å². The number of nitrogens with one attached hydrogen (secondary N) is 1. The van der Waals surface area contributed by atoms with E-state index in [0.717, 1.165) is 12.1 Å². The van der Waals surface area contributed by atoms with Crippen LogP contribution in [0.3, 0.4) is 0 Å². The first kappa shape index (κ1) is 15.8. The van der Waals surface area contributed by atoms with Gasteiger partial charge in [0.2, 0.25) is 0 Å². The smallest absolute Gasteiger partial charge is 0.338 e. The van der Waals surface area contributed by atoms with E-state index >= 15 is 0 Å². The Morgan fingerprint density at radius 3 is 2.45 bits per heavy atom. The monoisotopic (exact) mass is 326 g/mol. The molecule has 114 valence electrons. The average Bonchev–Trinajstić information content (AvgIpc) is 2.46. The van der Waals surface area contributed by atoms with Crippen molar-refractivity contribution in [2.24, 2.45) is 0 Å². The van der Waals surface area contributed by atoms with Gasteiger partial charge in [0.25, 0.3) is 5.91 Å². The van der Waals surface area contributed by atoms with E-state index in [0.29, 0.717) is 11.1 Å². The van der Waals surface area contributed by atoms with E-state index in [4.69, 9.17) is 11.6 Å². The third kappa shape index (κ3) is 4.49. The predicted molar refractivity (Wildman–Crippen MR) is 74.5 cm³/mol. The number of carbonyl (C=O) groups is 2. The zero-order valence-corrected chi connectivity index (χ0v) is 11.7. The van der Waals surface area contributed by atoms with Gasteiger partial charge in [0.15, 0.2) is 6.61 Å². The van der Waals surface area contributed by atoms with Crippen LogP contribution < -0.4 is 5.32 Å². The maximum absolute atomic E-state index is 13.0. The van der Waals surface area contributed by atoms with E-state index in [2.05, 4.69) is 15.0 Å². The molecular weight excluding hydrogens is 318 g/mol. The fourth-order valence-electron chi connectivity index (χ4n) is 1.51. The molecule has 1 heterocycles. The Labute approximate surface area is 128 Å². The Balaban J connectivity index is 1.90. The van der Waals surface area contributed by atoms with Crippen LogP contribution >= 0.6 is 11.6 Å². The number of benzene rings is 1. The minimum Gasteiger partial charge on any atom is -0.452 e. The number of hydrogen-bond donors (Lipinski definition) is 1. The van der Waals surface area contributed by atoms with Gasteiger partial charge >= 0.3 is 5.97 Å². The molecule has 0 atom stereocenters. The molecule has 22 heavy (non-hydrogen) atoms. The lowest BCUT2D eigenvalue weighted by atomic mass is 10.2. The number of esters is 1. The number of halogens is 3. The van der Waals surface area contributed by atoms with Crippen molar-refractivity contribution in [3.8, 4) is 0 Å². The predicted octanol–water partition coefficient (Wildman–Crippen LogP) is 2.81. The highest BCUT2D eigenvalue weighted by Gasteiger charge is 2.13. The van der Waals surface area contributed by atoms with Crippen LogP contribution in [0.5, 0.6) is 0 Å². The van der Waals surface area contributed by atoms with Gasteiger partial charge in [-0.3, -0.25) is 4.79 Å². The molecular formula is C14H9ClF2N2O3. The van der Waals surface area contributed by atoms with E-state index in [-0.39, 0.29) is 11.4 Å². The lowest BCUT2D eigenvalue weighted by molar-refractivity contribution is -0.119. The number of pyridine rings is 1. The molecule has 0 saturated carbocycles. The largest absolute Gasteiger partial charge is 0.452 e. The average molecular weight is 327 g/mol. The Hall–Kier alpha value is -2.54. The number of carbonyl (C=O) groups excluding carboxylic acids is 2. The van der Waals surface area contributed by atoms with Crippen LogP contribution in [-0.2, 0) is 9.53 Å². The van der Waals surface area contributed by atoms with Crippen LogP contribution in [-0.4, -0.2) is 23.5 Å². The second-order valence-electron chi connectivity index (χ2n) is 4.14. The minimum atomic E-state index is -1.02. The Bertz CT molecular complexity index is 687. The first-order valence-electron chi connectivity index (χ1n) is 5.98. The summed E-state index contributed by atoms with van der Waals surface area (Å²) in [5.41, 5.74) is -0.324. The first-order chi connectivity index (χ1) is 10.4. The summed E-state index contributed by atoms with van der Waals surface area (Å²) in [5, 5.41) is 2.77. The zero-order chi connectivity index (χ0) is 16.1.